The van der Waals surface area contributed by atoms with Crippen molar-refractivity contribution in [1.29, 1.82) is 0 Å². The van der Waals surface area contributed by atoms with Gasteiger partial charge in [-0.3, -0.25) is 0 Å². The van der Waals surface area contributed by atoms with Gasteiger partial charge in [0.25, 0.3) is 0 Å². The zero-order chi connectivity index (χ0) is 14.8. The fourth-order valence-corrected chi connectivity index (χ4v) is 3.70. The van der Waals surface area contributed by atoms with Crippen molar-refractivity contribution in [3.63, 3.8) is 0 Å². The molecule has 0 radical (unpaired) electrons. The highest BCUT2D eigenvalue weighted by Crippen LogP contribution is 2.24. The van der Waals surface area contributed by atoms with E-state index in [-0.39, 0.29) is 30.8 Å². The van der Waals surface area contributed by atoms with Gasteiger partial charge in [-0.05, 0) is 37.1 Å². The first-order chi connectivity index (χ1) is 9.45. The predicted octanol–water partition coefficient (Wildman–Crippen LogP) is -0.154. The van der Waals surface area contributed by atoms with Crippen LogP contribution >= 0.6 is 0 Å². The number of carbonyl (C=O) groups excluding carboxylic acids is 1. The summed E-state index contributed by atoms with van der Waals surface area (Å²) in [7, 11) is -2.06. The number of carboxylic acid groups (broad SMARTS) is 1. The molecule has 0 aromatic heterocycles. The molecule has 0 aliphatic carbocycles. The number of aliphatic carboxylic acids is 1. The molecule has 7 heteroatoms. The second-order valence-electron chi connectivity index (χ2n) is 4.67. The minimum atomic E-state index is -3.57. The van der Waals surface area contributed by atoms with E-state index in [1.807, 2.05) is 0 Å². The van der Waals surface area contributed by atoms with Crippen molar-refractivity contribution in [2.45, 2.75) is 17.7 Å². The van der Waals surface area contributed by atoms with Crippen LogP contribution in [0.5, 0.6) is 5.75 Å². The van der Waals surface area contributed by atoms with Crippen molar-refractivity contribution < 1.29 is 23.1 Å². The van der Waals surface area contributed by atoms with Crippen LogP contribution in [0.3, 0.4) is 0 Å². The van der Waals surface area contributed by atoms with E-state index in [4.69, 9.17) is 4.74 Å². The standard InChI is InChI=1S/C13H17NO5S/c1-19-11-2-4-12(5-3-11)20(17,18)14-8-6-10(7-9-14)13(15)16/h2-5,10H,6-9H2,1H3,(H,15,16)/p-1. The number of sulfonamides is 1. The molecule has 1 heterocycles. The number of rotatable bonds is 4. The van der Waals surface area contributed by atoms with Crippen molar-refractivity contribution in [1.82, 2.24) is 4.31 Å². The molecule has 0 atom stereocenters. The van der Waals surface area contributed by atoms with E-state index in [1.165, 1.54) is 23.5 Å². The Labute approximate surface area is 118 Å². The van der Waals surface area contributed by atoms with Gasteiger partial charge in [-0.15, -0.1) is 0 Å². The first-order valence-corrected chi connectivity index (χ1v) is 7.74. The molecule has 1 aromatic rings. The van der Waals surface area contributed by atoms with Gasteiger partial charge in [0.15, 0.2) is 0 Å². The van der Waals surface area contributed by atoms with Crippen LogP contribution < -0.4 is 9.84 Å². The third-order valence-corrected chi connectivity index (χ3v) is 5.40. The highest BCUT2D eigenvalue weighted by Gasteiger charge is 2.29. The van der Waals surface area contributed by atoms with Gasteiger partial charge in [-0.1, -0.05) is 0 Å². The van der Waals surface area contributed by atoms with Crippen molar-refractivity contribution in [2.24, 2.45) is 5.92 Å². The Bertz CT molecular complexity index is 573. The molecule has 1 fully saturated rings. The number of hydrogen-bond acceptors (Lipinski definition) is 5. The molecule has 1 aliphatic heterocycles. The Hall–Kier alpha value is -1.60. The molecular weight excluding hydrogens is 282 g/mol. The van der Waals surface area contributed by atoms with Gasteiger partial charge in [0.1, 0.15) is 5.75 Å². The lowest BCUT2D eigenvalue weighted by atomic mass is 9.99. The van der Waals surface area contributed by atoms with Crippen LogP contribution in [-0.2, 0) is 14.8 Å². The zero-order valence-corrected chi connectivity index (χ0v) is 11.9. The van der Waals surface area contributed by atoms with Gasteiger partial charge < -0.3 is 14.6 Å². The minimum Gasteiger partial charge on any atom is -0.550 e. The number of ether oxygens (including phenoxy) is 1. The summed E-state index contributed by atoms with van der Waals surface area (Å²) in [6.45, 7) is 0.403. The molecule has 0 saturated carbocycles. The molecule has 0 N–H and O–H groups in total. The van der Waals surface area contributed by atoms with E-state index >= 15 is 0 Å². The van der Waals surface area contributed by atoms with E-state index < -0.39 is 21.9 Å². The number of hydrogen-bond donors (Lipinski definition) is 0. The average Bonchev–Trinajstić information content (AvgIpc) is 2.47. The fourth-order valence-electron chi connectivity index (χ4n) is 2.23. The molecule has 0 unspecified atom stereocenters. The number of benzene rings is 1. The van der Waals surface area contributed by atoms with Gasteiger partial charge >= 0.3 is 0 Å². The maximum absolute atomic E-state index is 12.4. The van der Waals surface area contributed by atoms with Crippen molar-refractivity contribution in [3.05, 3.63) is 24.3 Å². The van der Waals surface area contributed by atoms with Crippen LogP contribution in [0.4, 0.5) is 0 Å². The van der Waals surface area contributed by atoms with Crippen LogP contribution in [0.15, 0.2) is 29.2 Å². The summed E-state index contributed by atoms with van der Waals surface area (Å²) in [5.74, 6) is -1.08. The second-order valence-corrected chi connectivity index (χ2v) is 6.61. The number of nitrogens with zero attached hydrogens (tertiary/aromatic N) is 1. The van der Waals surface area contributed by atoms with Gasteiger partial charge in [-0.25, -0.2) is 8.42 Å². The molecule has 0 amide bonds. The first kappa shape index (κ1) is 14.8. The lowest BCUT2D eigenvalue weighted by molar-refractivity contribution is -0.312. The fraction of sp³-hybridized carbons (Fsp3) is 0.462. The molecule has 20 heavy (non-hydrogen) atoms. The topological polar surface area (TPSA) is 86.7 Å². The molecule has 0 bridgehead atoms. The zero-order valence-electron chi connectivity index (χ0n) is 11.1. The minimum absolute atomic E-state index is 0.185. The maximum atomic E-state index is 12.4. The molecule has 1 aliphatic rings. The summed E-state index contributed by atoms with van der Waals surface area (Å²) in [6.07, 6.45) is 0.579. The average molecular weight is 298 g/mol. The number of carboxylic acids is 1. The van der Waals surface area contributed by atoms with Gasteiger partial charge in [0.05, 0.1) is 12.0 Å². The smallest absolute Gasteiger partial charge is 0.243 e. The van der Waals surface area contributed by atoms with Gasteiger partial charge in [0.2, 0.25) is 10.0 Å². The molecule has 1 aromatic carbocycles. The van der Waals surface area contributed by atoms with Crippen LogP contribution in [0.1, 0.15) is 12.8 Å². The Morgan fingerprint density at radius 3 is 2.25 bits per heavy atom. The summed E-state index contributed by atoms with van der Waals surface area (Å²) >= 11 is 0. The largest absolute Gasteiger partial charge is 0.550 e. The second kappa shape index (κ2) is 5.80. The lowest BCUT2D eigenvalue weighted by Crippen LogP contribution is -2.43. The third kappa shape index (κ3) is 2.94. The summed E-state index contributed by atoms with van der Waals surface area (Å²) in [5, 5.41) is 10.8. The first-order valence-electron chi connectivity index (χ1n) is 6.30. The monoisotopic (exact) mass is 298 g/mol. The molecule has 1 saturated heterocycles. The number of carbonyl (C=O) groups is 1. The van der Waals surface area contributed by atoms with Crippen molar-refractivity contribution >= 4 is 16.0 Å². The van der Waals surface area contributed by atoms with E-state index in [0.29, 0.717) is 5.75 Å². The Kier molecular flexibility index (Phi) is 4.29. The van der Waals surface area contributed by atoms with Crippen LogP contribution in [0.2, 0.25) is 0 Å². The van der Waals surface area contributed by atoms with Crippen LogP contribution in [-0.4, -0.2) is 38.9 Å². The van der Waals surface area contributed by atoms with E-state index in [0.717, 1.165) is 0 Å². The molecule has 110 valence electrons. The van der Waals surface area contributed by atoms with Crippen LogP contribution in [0, 0.1) is 5.92 Å². The Morgan fingerprint density at radius 1 is 1.25 bits per heavy atom. The van der Waals surface area contributed by atoms with Gasteiger partial charge in [0, 0.05) is 25.0 Å². The molecular formula is C13H16NO5S-. The molecule has 6 nitrogen and oxygen atoms in total. The quantitative estimate of drug-likeness (QED) is 0.771. The number of methoxy groups -OCH3 is 1. The van der Waals surface area contributed by atoms with Gasteiger partial charge in [-0.2, -0.15) is 4.31 Å². The summed E-state index contributed by atoms with van der Waals surface area (Å²) in [5.41, 5.74) is 0. The Balaban J connectivity index is 2.13. The normalized spacial score (nSPS) is 17.9. The SMILES string of the molecule is COc1ccc(S(=O)(=O)N2CCC(C(=O)[O-])CC2)cc1. The molecule has 0 spiro atoms. The van der Waals surface area contributed by atoms with E-state index in [9.17, 15) is 18.3 Å². The number of piperidine rings is 1. The summed E-state index contributed by atoms with van der Waals surface area (Å²) < 4.78 is 31.1. The highest BCUT2D eigenvalue weighted by atomic mass is 32.2. The van der Waals surface area contributed by atoms with Crippen molar-refractivity contribution in [3.8, 4) is 5.75 Å². The summed E-state index contributed by atoms with van der Waals surface area (Å²) in [4.78, 5) is 10.9. The van der Waals surface area contributed by atoms with E-state index in [1.54, 1.807) is 12.1 Å². The van der Waals surface area contributed by atoms with Crippen molar-refractivity contribution in [2.75, 3.05) is 20.2 Å². The maximum Gasteiger partial charge on any atom is 0.243 e. The van der Waals surface area contributed by atoms with Crippen LogP contribution in [0.25, 0.3) is 0 Å². The third-order valence-electron chi connectivity index (χ3n) is 3.48. The lowest BCUT2D eigenvalue weighted by Gasteiger charge is -2.31. The predicted molar refractivity (Wildman–Crippen MR) is 69.5 cm³/mol. The summed E-state index contributed by atoms with van der Waals surface area (Å²) in [6, 6.07) is 6.14. The highest BCUT2D eigenvalue weighted by molar-refractivity contribution is 7.89. The molecule has 2 rings (SSSR count). The Morgan fingerprint density at radius 2 is 1.80 bits per heavy atom. The van der Waals surface area contributed by atoms with E-state index in [2.05, 4.69) is 0 Å².